The lowest BCUT2D eigenvalue weighted by atomic mass is 10.2. The SMILES string of the molecule is CCCC(C)Oc1nc(N)nc(N2CCCC2)n1. The van der Waals surface area contributed by atoms with Crippen molar-refractivity contribution in [2.75, 3.05) is 23.7 Å². The Bertz CT molecular complexity index is 392. The molecule has 0 saturated carbocycles. The van der Waals surface area contributed by atoms with Gasteiger partial charge in [-0.3, -0.25) is 0 Å². The lowest BCUT2D eigenvalue weighted by molar-refractivity contribution is 0.192. The molecule has 1 aliphatic heterocycles. The summed E-state index contributed by atoms with van der Waals surface area (Å²) in [5.41, 5.74) is 5.71. The van der Waals surface area contributed by atoms with Gasteiger partial charge in [-0.15, -0.1) is 0 Å². The maximum absolute atomic E-state index is 5.71. The summed E-state index contributed by atoms with van der Waals surface area (Å²) in [6.07, 6.45) is 4.50. The van der Waals surface area contributed by atoms with Crippen molar-refractivity contribution in [1.82, 2.24) is 15.0 Å². The lowest BCUT2D eigenvalue weighted by Crippen LogP contribution is -2.22. The first kappa shape index (κ1) is 12.9. The van der Waals surface area contributed by atoms with E-state index >= 15 is 0 Å². The monoisotopic (exact) mass is 251 g/mol. The van der Waals surface area contributed by atoms with Crippen LogP contribution in [0.25, 0.3) is 0 Å². The summed E-state index contributed by atoms with van der Waals surface area (Å²) in [5.74, 6) is 0.865. The number of nitrogens with two attached hydrogens (primary N) is 1. The van der Waals surface area contributed by atoms with E-state index in [2.05, 4.69) is 26.8 Å². The van der Waals surface area contributed by atoms with E-state index in [0.717, 1.165) is 25.9 Å². The molecule has 0 radical (unpaired) electrons. The van der Waals surface area contributed by atoms with Crippen LogP contribution in [0.15, 0.2) is 0 Å². The number of nitrogens with zero attached hydrogens (tertiary/aromatic N) is 4. The van der Waals surface area contributed by atoms with Crippen LogP contribution in [0, 0.1) is 0 Å². The fourth-order valence-corrected chi connectivity index (χ4v) is 2.12. The highest BCUT2D eigenvalue weighted by Crippen LogP contribution is 2.19. The van der Waals surface area contributed by atoms with Gasteiger partial charge in [-0.25, -0.2) is 0 Å². The first-order valence-corrected chi connectivity index (χ1v) is 6.62. The number of rotatable bonds is 5. The van der Waals surface area contributed by atoms with E-state index in [1.807, 2.05) is 6.92 Å². The Morgan fingerprint density at radius 3 is 2.67 bits per heavy atom. The third kappa shape index (κ3) is 3.21. The number of hydrogen-bond acceptors (Lipinski definition) is 6. The molecular formula is C12H21N5O. The third-order valence-corrected chi connectivity index (χ3v) is 3.01. The summed E-state index contributed by atoms with van der Waals surface area (Å²) in [4.78, 5) is 14.7. The smallest absolute Gasteiger partial charge is 0.323 e. The van der Waals surface area contributed by atoms with Crippen molar-refractivity contribution in [3.05, 3.63) is 0 Å². The maximum Gasteiger partial charge on any atom is 0.323 e. The molecule has 1 aromatic heterocycles. The van der Waals surface area contributed by atoms with Crippen LogP contribution in [0.3, 0.4) is 0 Å². The molecule has 6 heteroatoms. The average molecular weight is 251 g/mol. The molecule has 1 unspecified atom stereocenters. The molecule has 0 amide bonds. The van der Waals surface area contributed by atoms with Crippen LogP contribution in [0.2, 0.25) is 0 Å². The molecule has 100 valence electrons. The predicted molar refractivity (Wildman–Crippen MR) is 70.7 cm³/mol. The zero-order valence-corrected chi connectivity index (χ0v) is 11.1. The maximum atomic E-state index is 5.71. The van der Waals surface area contributed by atoms with E-state index in [-0.39, 0.29) is 12.1 Å². The average Bonchev–Trinajstić information content (AvgIpc) is 2.81. The van der Waals surface area contributed by atoms with Crippen LogP contribution >= 0.6 is 0 Å². The van der Waals surface area contributed by atoms with Crippen LogP contribution in [0.4, 0.5) is 11.9 Å². The lowest BCUT2D eigenvalue weighted by Gasteiger charge is -2.17. The van der Waals surface area contributed by atoms with Crippen LogP contribution in [0.1, 0.15) is 39.5 Å². The van der Waals surface area contributed by atoms with Crippen molar-refractivity contribution < 1.29 is 4.74 Å². The molecule has 2 rings (SSSR count). The van der Waals surface area contributed by atoms with Crippen LogP contribution in [-0.2, 0) is 0 Å². The molecule has 1 atom stereocenters. The number of anilines is 2. The van der Waals surface area contributed by atoms with E-state index in [4.69, 9.17) is 10.5 Å². The molecule has 1 aliphatic rings. The Kier molecular flexibility index (Phi) is 4.17. The van der Waals surface area contributed by atoms with Gasteiger partial charge in [0, 0.05) is 13.1 Å². The molecule has 1 saturated heterocycles. The van der Waals surface area contributed by atoms with Crippen LogP contribution < -0.4 is 15.4 Å². The second kappa shape index (κ2) is 5.84. The van der Waals surface area contributed by atoms with E-state index in [1.165, 1.54) is 12.8 Å². The van der Waals surface area contributed by atoms with Crippen molar-refractivity contribution in [3.63, 3.8) is 0 Å². The van der Waals surface area contributed by atoms with Gasteiger partial charge >= 0.3 is 6.01 Å². The van der Waals surface area contributed by atoms with E-state index < -0.39 is 0 Å². The summed E-state index contributed by atoms with van der Waals surface area (Å²) in [7, 11) is 0. The number of aromatic nitrogens is 3. The zero-order chi connectivity index (χ0) is 13.0. The van der Waals surface area contributed by atoms with Gasteiger partial charge in [0.05, 0.1) is 6.10 Å². The molecule has 1 fully saturated rings. The fourth-order valence-electron chi connectivity index (χ4n) is 2.12. The van der Waals surface area contributed by atoms with Crippen LogP contribution in [-0.4, -0.2) is 34.1 Å². The quantitative estimate of drug-likeness (QED) is 0.857. The predicted octanol–water partition coefficient (Wildman–Crippen LogP) is 1.62. The van der Waals surface area contributed by atoms with Gasteiger partial charge < -0.3 is 15.4 Å². The highest BCUT2D eigenvalue weighted by molar-refractivity contribution is 5.36. The molecule has 2 heterocycles. The summed E-state index contributed by atoms with van der Waals surface area (Å²) in [5, 5.41) is 0. The van der Waals surface area contributed by atoms with Gasteiger partial charge in [0.25, 0.3) is 0 Å². The molecule has 2 N–H and O–H groups in total. The summed E-state index contributed by atoms with van der Waals surface area (Å²) < 4.78 is 5.67. The molecule has 1 aromatic rings. The van der Waals surface area contributed by atoms with Gasteiger partial charge in [0.15, 0.2) is 0 Å². The molecule has 0 aromatic carbocycles. The van der Waals surface area contributed by atoms with Crippen molar-refractivity contribution in [2.24, 2.45) is 0 Å². The third-order valence-electron chi connectivity index (χ3n) is 3.01. The van der Waals surface area contributed by atoms with E-state index in [1.54, 1.807) is 0 Å². The minimum Gasteiger partial charge on any atom is -0.460 e. The zero-order valence-electron chi connectivity index (χ0n) is 11.1. The van der Waals surface area contributed by atoms with E-state index in [0.29, 0.717) is 12.0 Å². The minimum atomic E-state index is 0.100. The Hall–Kier alpha value is -1.59. The largest absolute Gasteiger partial charge is 0.460 e. The summed E-state index contributed by atoms with van der Waals surface area (Å²) in [6, 6.07) is 0.338. The Morgan fingerprint density at radius 2 is 2.00 bits per heavy atom. The summed E-state index contributed by atoms with van der Waals surface area (Å²) in [6.45, 7) is 6.09. The van der Waals surface area contributed by atoms with Crippen LogP contribution in [0.5, 0.6) is 6.01 Å². The van der Waals surface area contributed by atoms with Gasteiger partial charge in [0.1, 0.15) is 0 Å². The highest BCUT2D eigenvalue weighted by atomic mass is 16.5. The second-order valence-electron chi connectivity index (χ2n) is 4.69. The Labute approximate surface area is 108 Å². The van der Waals surface area contributed by atoms with Gasteiger partial charge in [-0.05, 0) is 26.2 Å². The Balaban J connectivity index is 2.10. The number of nitrogen functional groups attached to an aromatic ring is 1. The summed E-state index contributed by atoms with van der Waals surface area (Å²) >= 11 is 0. The molecular weight excluding hydrogens is 230 g/mol. The van der Waals surface area contributed by atoms with Gasteiger partial charge in [-0.2, -0.15) is 15.0 Å². The normalized spacial score (nSPS) is 16.9. The standard InChI is InChI=1S/C12H21N5O/c1-3-6-9(2)18-12-15-10(13)14-11(16-12)17-7-4-5-8-17/h9H,3-8H2,1-2H3,(H2,13,14,15,16). The van der Waals surface area contributed by atoms with Gasteiger partial charge in [-0.1, -0.05) is 13.3 Å². The number of ether oxygens (including phenoxy) is 1. The minimum absolute atomic E-state index is 0.100. The Morgan fingerprint density at radius 1 is 1.28 bits per heavy atom. The first-order chi connectivity index (χ1) is 8.69. The molecule has 18 heavy (non-hydrogen) atoms. The molecule has 6 nitrogen and oxygen atoms in total. The highest BCUT2D eigenvalue weighted by Gasteiger charge is 2.17. The van der Waals surface area contributed by atoms with Crippen molar-refractivity contribution in [1.29, 1.82) is 0 Å². The van der Waals surface area contributed by atoms with Crippen molar-refractivity contribution in [2.45, 2.75) is 45.6 Å². The van der Waals surface area contributed by atoms with E-state index in [9.17, 15) is 0 Å². The van der Waals surface area contributed by atoms with Crippen molar-refractivity contribution in [3.8, 4) is 6.01 Å². The fraction of sp³-hybridized carbons (Fsp3) is 0.750. The number of hydrogen-bond donors (Lipinski definition) is 1. The molecule has 0 aliphatic carbocycles. The topological polar surface area (TPSA) is 77.2 Å². The molecule has 0 bridgehead atoms. The van der Waals surface area contributed by atoms with Crippen molar-refractivity contribution >= 4 is 11.9 Å². The van der Waals surface area contributed by atoms with Gasteiger partial charge in [0.2, 0.25) is 11.9 Å². The first-order valence-electron chi connectivity index (χ1n) is 6.62. The molecule has 0 spiro atoms. The second-order valence-corrected chi connectivity index (χ2v) is 4.69.